The van der Waals surface area contributed by atoms with E-state index in [9.17, 15) is 9.59 Å². The van der Waals surface area contributed by atoms with E-state index in [1.54, 1.807) is 24.3 Å². The SMILES string of the molecule is CC1CN(C(=O)c2ccc(NC(=O)NC3CCCC3)cc2)CCO1. The summed E-state index contributed by atoms with van der Waals surface area (Å²) >= 11 is 0. The van der Waals surface area contributed by atoms with E-state index in [2.05, 4.69) is 10.6 Å². The number of hydrogen-bond acceptors (Lipinski definition) is 3. The Hall–Kier alpha value is -2.08. The molecule has 1 heterocycles. The lowest BCUT2D eigenvalue weighted by atomic mass is 10.1. The second-order valence-electron chi connectivity index (χ2n) is 6.59. The minimum Gasteiger partial charge on any atom is -0.375 e. The second kappa shape index (κ2) is 7.66. The van der Waals surface area contributed by atoms with Gasteiger partial charge in [-0.1, -0.05) is 12.8 Å². The van der Waals surface area contributed by atoms with E-state index < -0.39 is 0 Å². The lowest BCUT2D eigenvalue weighted by Crippen LogP contribution is -2.44. The quantitative estimate of drug-likeness (QED) is 0.894. The number of urea groups is 1. The lowest BCUT2D eigenvalue weighted by Gasteiger charge is -2.31. The first-order valence-corrected chi connectivity index (χ1v) is 8.70. The number of rotatable bonds is 3. The third kappa shape index (κ3) is 4.26. The van der Waals surface area contributed by atoms with Crippen LogP contribution in [0, 0.1) is 0 Å². The number of amides is 3. The monoisotopic (exact) mass is 331 g/mol. The predicted octanol–water partition coefficient (Wildman–Crippen LogP) is 2.61. The first kappa shape index (κ1) is 16.8. The third-order valence-electron chi connectivity index (χ3n) is 4.61. The van der Waals surface area contributed by atoms with Crippen molar-refractivity contribution in [1.82, 2.24) is 10.2 Å². The van der Waals surface area contributed by atoms with Gasteiger partial charge in [-0.2, -0.15) is 0 Å². The summed E-state index contributed by atoms with van der Waals surface area (Å²) in [6.45, 7) is 3.78. The van der Waals surface area contributed by atoms with Crippen molar-refractivity contribution in [3.8, 4) is 0 Å². The van der Waals surface area contributed by atoms with E-state index in [-0.39, 0.29) is 24.1 Å². The molecule has 3 amide bonds. The molecule has 6 nitrogen and oxygen atoms in total. The minimum atomic E-state index is -0.178. The fourth-order valence-corrected chi connectivity index (χ4v) is 3.30. The summed E-state index contributed by atoms with van der Waals surface area (Å²) in [6, 6.07) is 7.16. The highest BCUT2D eigenvalue weighted by molar-refractivity contribution is 5.95. The van der Waals surface area contributed by atoms with Crippen LogP contribution in [0.15, 0.2) is 24.3 Å². The molecule has 24 heavy (non-hydrogen) atoms. The molecule has 1 aromatic carbocycles. The number of hydrogen-bond donors (Lipinski definition) is 2. The molecule has 3 rings (SSSR count). The minimum absolute atomic E-state index is 0.00658. The molecular weight excluding hydrogens is 306 g/mol. The average molecular weight is 331 g/mol. The molecule has 1 saturated carbocycles. The summed E-state index contributed by atoms with van der Waals surface area (Å²) in [5.41, 5.74) is 1.32. The second-order valence-corrected chi connectivity index (χ2v) is 6.59. The molecule has 1 aliphatic heterocycles. The normalized spacial score (nSPS) is 21.5. The molecule has 1 aliphatic carbocycles. The molecule has 130 valence electrons. The van der Waals surface area contributed by atoms with Crippen molar-refractivity contribution in [1.29, 1.82) is 0 Å². The zero-order chi connectivity index (χ0) is 16.9. The molecule has 2 fully saturated rings. The number of morpholine rings is 1. The van der Waals surface area contributed by atoms with Crippen molar-refractivity contribution in [3.05, 3.63) is 29.8 Å². The maximum absolute atomic E-state index is 12.5. The van der Waals surface area contributed by atoms with Gasteiger partial charge in [-0.05, 0) is 44.0 Å². The standard InChI is InChI=1S/C18H25N3O3/c1-13-12-21(10-11-24-13)17(22)14-6-8-16(9-7-14)20-18(23)19-15-4-2-3-5-15/h6-9,13,15H,2-5,10-12H2,1H3,(H2,19,20,23). The Kier molecular flexibility index (Phi) is 5.35. The van der Waals surface area contributed by atoms with Crippen LogP contribution in [0.5, 0.6) is 0 Å². The van der Waals surface area contributed by atoms with Crippen molar-refractivity contribution in [3.63, 3.8) is 0 Å². The molecule has 2 N–H and O–H groups in total. The number of benzene rings is 1. The maximum atomic E-state index is 12.5. The van der Waals surface area contributed by atoms with Crippen LogP contribution < -0.4 is 10.6 Å². The van der Waals surface area contributed by atoms with E-state index in [0.29, 0.717) is 30.9 Å². The van der Waals surface area contributed by atoms with Crippen LogP contribution in [0.2, 0.25) is 0 Å². The molecule has 0 aromatic heterocycles. The molecular formula is C18H25N3O3. The topological polar surface area (TPSA) is 70.7 Å². The third-order valence-corrected chi connectivity index (χ3v) is 4.61. The van der Waals surface area contributed by atoms with Gasteiger partial charge in [-0.3, -0.25) is 4.79 Å². The van der Waals surface area contributed by atoms with Gasteiger partial charge >= 0.3 is 6.03 Å². The van der Waals surface area contributed by atoms with Crippen LogP contribution in [0.25, 0.3) is 0 Å². The molecule has 1 unspecified atom stereocenters. The summed E-state index contributed by atoms with van der Waals surface area (Å²) in [5, 5.41) is 5.81. The van der Waals surface area contributed by atoms with Gasteiger partial charge in [0.05, 0.1) is 12.7 Å². The van der Waals surface area contributed by atoms with Crippen LogP contribution in [-0.2, 0) is 4.74 Å². The van der Waals surface area contributed by atoms with Crippen molar-refractivity contribution in [2.75, 3.05) is 25.0 Å². The van der Waals surface area contributed by atoms with Crippen molar-refractivity contribution >= 4 is 17.6 Å². The van der Waals surface area contributed by atoms with Crippen molar-refractivity contribution < 1.29 is 14.3 Å². The predicted molar refractivity (Wildman–Crippen MR) is 92.2 cm³/mol. The number of nitrogens with one attached hydrogen (secondary N) is 2. The maximum Gasteiger partial charge on any atom is 0.319 e. The van der Waals surface area contributed by atoms with E-state index >= 15 is 0 Å². The van der Waals surface area contributed by atoms with Gasteiger partial charge in [0.1, 0.15) is 0 Å². The molecule has 1 saturated heterocycles. The Morgan fingerprint density at radius 2 is 1.88 bits per heavy atom. The highest BCUT2D eigenvalue weighted by Gasteiger charge is 2.22. The van der Waals surface area contributed by atoms with Crippen LogP contribution in [0.1, 0.15) is 43.0 Å². The summed E-state index contributed by atoms with van der Waals surface area (Å²) in [4.78, 5) is 26.2. The van der Waals surface area contributed by atoms with E-state index in [0.717, 1.165) is 12.8 Å². The van der Waals surface area contributed by atoms with Crippen LogP contribution in [-0.4, -0.2) is 48.7 Å². The van der Waals surface area contributed by atoms with Crippen molar-refractivity contribution in [2.24, 2.45) is 0 Å². The fraction of sp³-hybridized carbons (Fsp3) is 0.556. The summed E-state index contributed by atoms with van der Waals surface area (Å²) in [7, 11) is 0. The largest absolute Gasteiger partial charge is 0.375 e. The molecule has 2 aliphatic rings. The Morgan fingerprint density at radius 3 is 2.54 bits per heavy atom. The van der Waals surface area contributed by atoms with E-state index in [4.69, 9.17) is 4.74 Å². The van der Waals surface area contributed by atoms with Crippen LogP contribution in [0.3, 0.4) is 0 Å². The Labute approximate surface area is 142 Å². The van der Waals surface area contributed by atoms with E-state index in [1.165, 1.54) is 12.8 Å². The number of ether oxygens (including phenoxy) is 1. The number of carbonyl (C=O) groups is 2. The number of anilines is 1. The van der Waals surface area contributed by atoms with E-state index in [1.807, 2.05) is 11.8 Å². The van der Waals surface area contributed by atoms with Crippen LogP contribution in [0.4, 0.5) is 10.5 Å². The lowest BCUT2D eigenvalue weighted by molar-refractivity contribution is -0.0124. The fourth-order valence-electron chi connectivity index (χ4n) is 3.30. The summed E-state index contributed by atoms with van der Waals surface area (Å²) < 4.78 is 5.46. The molecule has 0 radical (unpaired) electrons. The molecule has 0 spiro atoms. The smallest absolute Gasteiger partial charge is 0.319 e. The average Bonchev–Trinajstić information content (AvgIpc) is 3.07. The summed E-state index contributed by atoms with van der Waals surface area (Å²) in [5.74, 6) is 0.00658. The van der Waals surface area contributed by atoms with Gasteiger partial charge in [0.25, 0.3) is 5.91 Å². The highest BCUT2D eigenvalue weighted by atomic mass is 16.5. The highest BCUT2D eigenvalue weighted by Crippen LogP contribution is 2.18. The Morgan fingerprint density at radius 1 is 1.17 bits per heavy atom. The molecule has 1 atom stereocenters. The molecule has 6 heteroatoms. The number of carbonyl (C=O) groups excluding carboxylic acids is 2. The van der Waals surface area contributed by atoms with Gasteiger partial charge in [0.2, 0.25) is 0 Å². The Bertz CT molecular complexity index is 582. The summed E-state index contributed by atoms with van der Waals surface area (Å²) in [6.07, 6.45) is 4.55. The first-order chi connectivity index (χ1) is 11.6. The molecule has 1 aromatic rings. The van der Waals surface area contributed by atoms with Gasteiger partial charge in [-0.25, -0.2) is 4.79 Å². The Balaban J connectivity index is 1.54. The van der Waals surface area contributed by atoms with Gasteiger partial charge < -0.3 is 20.3 Å². The zero-order valence-electron chi connectivity index (χ0n) is 14.1. The van der Waals surface area contributed by atoms with Crippen molar-refractivity contribution in [2.45, 2.75) is 44.8 Å². The number of nitrogens with zero attached hydrogens (tertiary/aromatic N) is 1. The van der Waals surface area contributed by atoms with Gasteiger partial charge in [0, 0.05) is 30.4 Å². The van der Waals surface area contributed by atoms with Crippen LogP contribution >= 0.6 is 0 Å². The zero-order valence-corrected chi connectivity index (χ0v) is 14.1. The molecule has 0 bridgehead atoms. The first-order valence-electron chi connectivity index (χ1n) is 8.70. The van der Waals surface area contributed by atoms with Gasteiger partial charge in [0.15, 0.2) is 0 Å². The van der Waals surface area contributed by atoms with Gasteiger partial charge in [-0.15, -0.1) is 0 Å².